The van der Waals surface area contributed by atoms with Gasteiger partial charge in [0.15, 0.2) is 0 Å². The third kappa shape index (κ3) is 8.46. The van der Waals surface area contributed by atoms with Crippen molar-refractivity contribution in [2.24, 2.45) is 46.3 Å². The van der Waals surface area contributed by atoms with E-state index < -0.39 is 0 Å². The van der Waals surface area contributed by atoms with Crippen molar-refractivity contribution >= 4 is 6.09 Å². The molecule has 0 spiro atoms. The molecule has 4 nitrogen and oxygen atoms in total. The average molecular weight is 614 g/mol. The molecule has 4 heteroatoms. The zero-order chi connectivity index (χ0) is 31.7. The van der Waals surface area contributed by atoms with Crippen LogP contribution in [0.2, 0.25) is 0 Å². The second-order valence-corrected chi connectivity index (χ2v) is 16.9. The van der Waals surface area contributed by atoms with Crippen LogP contribution in [0.25, 0.3) is 0 Å². The minimum atomic E-state index is -0.0497. The Hall–Kier alpha value is -1.03. The van der Waals surface area contributed by atoms with E-state index in [1.807, 2.05) is 4.90 Å². The molecule has 4 aliphatic rings. The molecular weight excluding hydrogens is 540 g/mol. The number of amides is 1. The van der Waals surface area contributed by atoms with Gasteiger partial charge >= 0.3 is 6.09 Å². The third-order valence-corrected chi connectivity index (χ3v) is 13.5. The molecule has 254 valence electrons. The molecule has 0 aromatic heterocycles. The Morgan fingerprint density at radius 1 is 0.909 bits per heavy atom. The summed E-state index contributed by atoms with van der Waals surface area (Å²) in [5.74, 6) is 5.21. The Balaban J connectivity index is 1.32. The zero-order valence-electron chi connectivity index (χ0n) is 30.1. The van der Waals surface area contributed by atoms with Gasteiger partial charge < -0.3 is 15.4 Å². The maximum Gasteiger partial charge on any atom is 0.410 e. The number of quaternary nitrogens is 1. The van der Waals surface area contributed by atoms with Gasteiger partial charge in [0.1, 0.15) is 6.10 Å². The van der Waals surface area contributed by atoms with Crippen molar-refractivity contribution in [1.29, 1.82) is 0 Å². The highest BCUT2D eigenvalue weighted by Crippen LogP contribution is 2.67. The summed E-state index contributed by atoms with van der Waals surface area (Å²) in [5.41, 5.74) is 6.44. The van der Waals surface area contributed by atoms with E-state index in [1.54, 1.807) is 5.57 Å². The van der Waals surface area contributed by atoms with Crippen LogP contribution in [0.5, 0.6) is 0 Å². The monoisotopic (exact) mass is 614 g/mol. The molecule has 6 unspecified atom stereocenters. The molecule has 3 fully saturated rings. The summed E-state index contributed by atoms with van der Waals surface area (Å²) >= 11 is 0. The van der Waals surface area contributed by atoms with Crippen LogP contribution in [0.3, 0.4) is 0 Å². The van der Waals surface area contributed by atoms with Crippen molar-refractivity contribution in [2.45, 2.75) is 170 Å². The number of unbranched alkanes of at least 4 members (excludes halogenated alkanes) is 6. The highest BCUT2D eigenvalue weighted by molar-refractivity contribution is 5.67. The Kier molecular flexibility index (Phi) is 13.6. The number of ether oxygens (including phenoxy) is 1. The molecule has 0 radical (unpaired) electrons. The Bertz CT molecular complexity index is 915. The van der Waals surface area contributed by atoms with Crippen LogP contribution in [0.15, 0.2) is 11.6 Å². The SMILES string of the molecule is CCCCN(CCCCCCCC[NH3+])C(=O)OC1CCC2(C)C(=CCC3C2CCC2(C)C3CC[C@@H]2[C@H](C)CCCC(C)C)C1. The number of carbonyl (C=O) groups excluding carboxylic acids is 1. The number of fused-ring (bicyclic) bond motifs is 5. The largest absolute Gasteiger partial charge is 0.446 e. The summed E-state index contributed by atoms with van der Waals surface area (Å²) in [6.07, 6.45) is 26.7. The summed E-state index contributed by atoms with van der Waals surface area (Å²) < 4.78 is 6.30. The summed E-state index contributed by atoms with van der Waals surface area (Å²) in [6, 6.07) is 0. The van der Waals surface area contributed by atoms with Crippen LogP contribution < -0.4 is 5.73 Å². The summed E-state index contributed by atoms with van der Waals surface area (Å²) in [5, 5.41) is 0. The quantitative estimate of drug-likeness (QED) is 0.131. The molecule has 3 saturated carbocycles. The van der Waals surface area contributed by atoms with E-state index in [4.69, 9.17) is 4.74 Å². The van der Waals surface area contributed by atoms with Crippen molar-refractivity contribution in [1.82, 2.24) is 4.90 Å². The molecule has 1 amide bonds. The predicted octanol–water partition coefficient (Wildman–Crippen LogP) is 10.2. The van der Waals surface area contributed by atoms with E-state index >= 15 is 0 Å². The maximum atomic E-state index is 13.4. The van der Waals surface area contributed by atoms with Crippen molar-refractivity contribution < 1.29 is 15.3 Å². The molecule has 0 heterocycles. The summed E-state index contributed by atoms with van der Waals surface area (Å²) in [6.45, 7) is 17.6. The van der Waals surface area contributed by atoms with Gasteiger partial charge in [-0.1, -0.05) is 98.1 Å². The number of carbonyl (C=O) groups is 1. The van der Waals surface area contributed by atoms with Crippen molar-refractivity contribution in [2.75, 3.05) is 19.6 Å². The van der Waals surface area contributed by atoms with Crippen LogP contribution in [0.4, 0.5) is 4.79 Å². The van der Waals surface area contributed by atoms with E-state index in [-0.39, 0.29) is 12.2 Å². The molecule has 8 atom stereocenters. The van der Waals surface area contributed by atoms with E-state index in [2.05, 4.69) is 53.4 Å². The minimum Gasteiger partial charge on any atom is -0.446 e. The first-order valence-electron chi connectivity index (χ1n) is 19.6. The van der Waals surface area contributed by atoms with E-state index in [1.165, 1.54) is 89.9 Å². The first-order chi connectivity index (χ1) is 21.1. The lowest BCUT2D eigenvalue weighted by atomic mass is 9.47. The zero-order valence-corrected chi connectivity index (χ0v) is 30.1. The molecule has 44 heavy (non-hydrogen) atoms. The standard InChI is InChI=1S/C40H72N2O2/c1-7-8-27-42(28-14-12-10-9-11-13-26-41)38(43)44-33-22-24-39(5)32(29-33)18-19-34-36-21-20-35(31(4)17-15-16-30(2)3)40(36,6)25-23-37(34)39/h18,30-31,33-37H,7-17,19-29,41H2,1-6H3/p+1/t31-,33?,34?,35-,36?,37?,39?,40?/m1/s1. The Labute approximate surface area is 273 Å². The average Bonchev–Trinajstić information content (AvgIpc) is 3.35. The molecule has 0 saturated heterocycles. The van der Waals surface area contributed by atoms with Gasteiger partial charge in [-0.25, -0.2) is 4.79 Å². The van der Waals surface area contributed by atoms with Gasteiger partial charge in [0.25, 0.3) is 0 Å². The number of nitrogens with zero attached hydrogens (tertiary/aromatic N) is 1. The molecule has 0 bridgehead atoms. The third-order valence-electron chi connectivity index (χ3n) is 13.5. The molecule has 0 aliphatic heterocycles. The van der Waals surface area contributed by atoms with E-state index in [9.17, 15) is 4.79 Å². The van der Waals surface area contributed by atoms with Crippen molar-refractivity contribution in [3.05, 3.63) is 11.6 Å². The van der Waals surface area contributed by atoms with Crippen LogP contribution >= 0.6 is 0 Å². The van der Waals surface area contributed by atoms with Crippen LogP contribution in [-0.4, -0.2) is 36.7 Å². The molecule has 4 aliphatic carbocycles. The Morgan fingerprint density at radius 2 is 1.64 bits per heavy atom. The highest BCUT2D eigenvalue weighted by atomic mass is 16.6. The van der Waals surface area contributed by atoms with Gasteiger partial charge in [-0.3, -0.25) is 0 Å². The van der Waals surface area contributed by atoms with Crippen LogP contribution in [0.1, 0.15) is 164 Å². The second kappa shape index (κ2) is 16.7. The van der Waals surface area contributed by atoms with Gasteiger partial charge in [-0.05, 0) is 117 Å². The van der Waals surface area contributed by atoms with Gasteiger partial charge in [0.2, 0.25) is 0 Å². The first kappa shape index (κ1) is 35.8. The lowest BCUT2D eigenvalue weighted by Crippen LogP contribution is -2.51. The molecule has 0 aromatic carbocycles. The van der Waals surface area contributed by atoms with E-state index in [0.29, 0.717) is 10.8 Å². The molecule has 4 rings (SSSR count). The topological polar surface area (TPSA) is 57.2 Å². The number of hydrogen-bond donors (Lipinski definition) is 1. The number of hydrogen-bond acceptors (Lipinski definition) is 2. The molecule has 3 N–H and O–H groups in total. The minimum absolute atomic E-state index is 0.0497. The normalized spacial score (nSPS) is 33.7. The molecular formula is C40H73N2O2+. The second-order valence-electron chi connectivity index (χ2n) is 16.9. The predicted molar refractivity (Wildman–Crippen MR) is 185 cm³/mol. The fraction of sp³-hybridized carbons (Fsp3) is 0.925. The fourth-order valence-corrected chi connectivity index (χ4v) is 10.8. The van der Waals surface area contributed by atoms with Gasteiger partial charge in [0.05, 0.1) is 6.54 Å². The highest BCUT2D eigenvalue weighted by Gasteiger charge is 2.59. The lowest BCUT2D eigenvalue weighted by Gasteiger charge is -2.58. The van der Waals surface area contributed by atoms with Crippen LogP contribution in [0, 0.1) is 46.3 Å². The van der Waals surface area contributed by atoms with Gasteiger partial charge in [-0.2, -0.15) is 0 Å². The molecule has 0 aromatic rings. The number of rotatable bonds is 17. The number of allylic oxidation sites excluding steroid dienone is 1. The smallest absolute Gasteiger partial charge is 0.410 e. The van der Waals surface area contributed by atoms with Crippen LogP contribution in [-0.2, 0) is 4.74 Å². The van der Waals surface area contributed by atoms with Crippen molar-refractivity contribution in [3.8, 4) is 0 Å². The van der Waals surface area contributed by atoms with E-state index in [0.717, 1.165) is 87.2 Å². The van der Waals surface area contributed by atoms with Crippen molar-refractivity contribution in [3.63, 3.8) is 0 Å². The fourth-order valence-electron chi connectivity index (χ4n) is 10.8. The summed E-state index contributed by atoms with van der Waals surface area (Å²) in [4.78, 5) is 15.4. The van der Waals surface area contributed by atoms with Gasteiger partial charge in [-0.15, -0.1) is 0 Å². The first-order valence-corrected chi connectivity index (χ1v) is 19.6. The summed E-state index contributed by atoms with van der Waals surface area (Å²) in [7, 11) is 0. The maximum absolute atomic E-state index is 13.4. The Morgan fingerprint density at radius 3 is 2.36 bits per heavy atom. The van der Waals surface area contributed by atoms with Gasteiger partial charge in [0, 0.05) is 19.5 Å². The lowest BCUT2D eigenvalue weighted by molar-refractivity contribution is -0.368.